The molecule has 0 unspecified atom stereocenters. The van der Waals surface area contributed by atoms with Crippen LogP contribution in [0, 0.1) is 0 Å². The van der Waals surface area contributed by atoms with Gasteiger partial charge in [-0.05, 0) is 19.9 Å². The molecule has 16 heavy (non-hydrogen) atoms. The third kappa shape index (κ3) is 4.32. The third-order valence-corrected chi connectivity index (χ3v) is 1.72. The van der Waals surface area contributed by atoms with Gasteiger partial charge in [-0.15, -0.1) is 0 Å². The van der Waals surface area contributed by atoms with E-state index < -0.39 is 18.9 Å². The molecule has 0 aromatic heterocycles. The molecular formula is C9H17BO6. The zero-order chi connectivity index (χ0) is 12.8. The van der Waals surface area contributed by atoms with E-state index in [-0.39, 0.29) is 6.10 Å². The Morgan fingerprint density at radius 3 is 2.12 bits per heavy atom. The molecule has 0 aromatic carbocycles. The van der Waals surface area contributed by atoms with Crippen LogP contribution in [0.15, 0.2) is 12.1 Å². The Balaban J connectivity index is 4.86. The molecule has 0 aliphatic heterocycles. The van der Waals surface area contributed by atoms with Crippen LogP contribution in [0.4, 0.5) is 0 Å². The fraction of sp³-hybridized carbons (Fsp3) is 0.667. The Labute approximate surface area is 95.0 Å². The normalized spacial score (nSPS) is 12.2. The fourth-order valence-corrected chi connectivity index (χ4v) is 0.963. The van der Waals surface area contributed by atoms with Crippen molar-refractivity contribution in [2.24, 2.45) is 0 Å². The maximum absolute atomic E-state index is 11.7. The van der Waals surface area contributed by atoms with E-state index in [1.165, 1.54) is 14.2 Å². The molecule has 7 heteroatoms. The van der Waals surface area contributed by atoms with Crippen LogP contribution in [0.2, 0.25) is 0 Å². The van der Waals surface area contributed by atoms with Crippen molar-refractivity contribution in [1.82, 2.24) is 0 Å². The number of hydrogen-bond donors (Lipinski definition) is 2. The fourth-order valence-electron chi connectivity index (χ4n) is 0.963. The number of ether oxygens (including phenoxy) is 3. The zero-order valence-electron chi connectivity index (χ0n) is 9.84. The number of rotatable bonds is 6. The molecule has 0 bridgehead atoms. The van der Waals surface area contributed by atoms with Gasteiger partial charge in [0.15, 0.2) is 0 Å². The second kappa shape index (κ2) is 6.64. The topological polar surface area (TPSA) is 85.2 Å². The summed E-state index contributed by atoms with van der Waals surface area (Å²) in [5.41, 5.74) is 0. The van der Waals surface area contributed by atoms with E-state index in [0.29, 0.717) is 0 Å². The number of esters is 1. The predicted octanol–water partition coefficient (Wildman–Crippen LogP) is -0.505. The van der Waals surface area contributed by atoms with Gasteiger partial charge in [-0.25, -0.2) is 4.79 Å². The summed E-state index contributed by atoms with van der Waals surface area (Å²) in [5, 5.41) is 17.4. The minimum Gasteiger partial charge on any atom is -0.459 e. The number of carbonyl (C=O) groups excluding carboxylic acids is 1. The second-order valence-corrected chi connectivity index (χ2v) is 3.30. The average Bonchev–Trinajstić information content (AvgIpc) is 2.18. The van der Waals surface area contributed by atoms with Gasteiger partial charge in [0.25, 0.3) is 5.79 Å². The molecule has 0 saturated carbocycles. The van der Waals surface area contributed by atoms with Gasteiger partial charge < -0.3 is 24.3 Å². The summed E-state index contributed by atoms with van der Waals surface area (Å²) in [6.45, 7) is 3.36. The summed E-state index contributed by atoms with van der Waals surface area (Å²) in [5.74, 6) is -1.56. The minimum atomic E-state index is -1.76. The lowest BCUT2D eigenvalue weighted by Crippen LogP contribution is -2.43. The van der Waals surface area contributed by atoms with Crippen molar-refractivity contribution in [2.45, 2.75) is 25.7 Å². The second-order valence-electron chi connectivity index (χ2n) is 3.30. The van der Waals surface area contributed by atoms with E-state index in [4.69, 9.17) is 24.3 Å². The maximum Gasteiger partial charge on any atom is 0.480 e. The highest BCUT2D eigenvalue weighted by molar-refractivity contribution is 6.47. The highest BCUT2D eigenvalue weighted by atomic mass is 16.7. The van der Waals surface area contributed by atoms with E-state index in [1.807, 2.05) is 0 Å². The third-order valence-electron chi connectivity index (χ3n) is 1.72. The molecule has 0 aliphatic carbocycles. The lowest BCUT2D eigenvalue weighted by molar-refractivity contribution is -0.213. The van der Waals surface area contributed by atoms with Gasteiger partial charge in [-0.2, -0.15) is 0 Å². The molecule has 0 heterocycles. The average molecular weight is 232 g/mol. The highest BCUT2D eigenvalue weighted by Crippen LogP contribution is 2.16. The monoisotopic (exact) mass is 232 g/mol. The van der Waals surface area contributed by atoms with Crippen LogP contribution < -0.4 is 0 Å². The van der Waals surface area contributed by atoms with Crippen LogP contribution in [0.25, 0.3) is 0 Å². The van der Waals surface area contributed by atoms with Gasteiger partial charge in [0.2, 0.25) is 0 Å². The summed E-state index contributed by atoms with van der Waals surface area (Å²) < 4.78 is 14.7. The Hall–Kier alpha value is -0.885. The predicted molar refractivity (Wildman–Crippen MR) is 57.3 cm³/mol. The maximum atomic E-state index is 11.7. The van der Waals surface area contributed by atoms with E-state index in [2.05, 4.69) is 0 Å². The van der Waals surface area contributed by atoms with Crippen molar-refractivity contribution >= 4 is 13.1 Å². The Bertz CT molecular complexity index is 246. The lowest BCUT2D eigenvalue weighted by atomic mass is 9.90. The molecule has 0 rings (SSSR count). The smallest absolute Gasteiger partial charge is 0.459 e. The van der Waals surface area contributed by atoms with Crippen molar-refractivity contribution in [3.8, 4) is 0 Å². The minimum absolute atomic E-state index is 0.329. The van der Waals surface area contributed by atoms with Crippen molar-refractivity contribution in [2.75, 3.05) is 14.2 Å². The van der Waals surface area contributed by atoms with Gasteiger partial charge >= 0.3 is 13.1 Å². The summed E-state index contributed by atoms with van der Waals surface area (Å²) in [6.07, 6.45) is 0.757. The van der Waals surface area contributed by atoms with Crippen molar-refractivity contribution in [3.63, 3.8) is 0 Å². The Morgan fingerprint density at radius 1 is 1.31 bits per heavy atom. The molecule has 2 N–H and O–H groups in total. The van der Waals surface area contributed by atoms with Crippen LogP contribution in [-0.4, -0.2) is 49.2 Å². The Morgan fingerprint density at radius 2 is 1.81 bits per heavy atom. The molecule has 0 aromatic rings. The van der Waals surface area contributed by atoms with Gasteiger partial charge in [-0.1, -0.05) is 5.98 Å². The lowest BCUT2D eigenvalue weighted by Gasteiger charge is -2.26. The molecular weight excluding hydrogens is 215 g/mol. The Kier molecular flexibility index (Phi) is 6.28. The van der Waals surface area contributed by atoms with Crippen LogP contribution in [0.3, 0.4) is 0 Å². The molecule has 0 atom stereocenters. The molecule has 92 valence electrons. The molecule has 6 nitrogen and oxygen atoms in total. The van der Waals surface area contributed by atoms with Gasteiger partial charge in [0, 0.05) is 14.2 Å². The molecule has 0 radical (unpaired) electrons. The summed E-state index contributed by atoms with van der Waals surface area (Å²) in [7, 11) is 0.801. The van der Waals surface area contributed by atoms with E-state index in [0.717, 1.165) is 12.1 Å². The molecule has 0 aliphatic rings. The molecule has 0 spiro atoms. The molecule has 0 amide bonds. The van der Waals surface area contributed by atoms with E-state index in [1.54, 1.807) is 13.8 Å². The van der Waals surface area contributed by atoms with Crippen LogP contribution in [0.1, 0.15) is 13.8 Å². The summed E-state index contributed by atoms with van der Waals surface area (Å²) >= 11 is 0. The number of hydrogen-bond acceptors (Lipinski definition) is 6. The van der Waals surface area contributed by atoms with E-state index >= 15 is 0 Å². The van der Waals surface area contributed by atoms with Crippen LogP contribution >= 0.6 is 0 Å². The quantitative estimate of drug-likeness (QED) is 0.364. The summed E-state index contributed by atoms with van der Waals surface area (Å²) in [6, 6.07) is 0. The number of methoxy groups -OCH3 is 2. The largest absolute Gasteiger partial charge is 0.480 e. The number of carbonyl (C=O) groups is 1. The van der Waals surface area contributed by atoms with Gasteiger partial charge in [0.05, 0.1) is 6.10 Å². The van der Waals surface area contributed by atoms with Crippen molar-refractivity contribution < 1.29 is 29.1 Å². The van der Waals surface area contributed by atoms with Crippen LogP contribution in [-0.2, 0) is 19.0 Å². The van der Waals surface area contributed by atoms with Crippen LogP contribution in [0.5, 0.6) is 0 Å². The SMILES string of the molecule is COC(/C=C/B(O)O)(OC)C(=O)OC(C)C. The first-order chi connectivity index (χ1) is 7.38. The highest BCUT2D eigenvalue weighted by Gasteiger charge is 2.39. The first kappa shape index (κ1) is 15.1. The first-order valence-corrected chi connectivity index (χ1v) is 4.75. The molecule has 0 fully saturated rings. The first-order valence-electron chi connectivity index (χ1n) is 4.75. The standard InChI is InChI=1S/C9H17BO6/c1-7(2)16-8(11)9(14-3,15-4)5-6-10(12)13/h5-7,12-13H,1-4H3/b6-5+. The van der Waals surface area contributed by atoms with Gasteiger partial charge in [0.1, 0.15) is 0 Å². The van der Waals surface area contributed by atoms with E-state index in [9.17, 15) is 4.79 Å². The van der Waals surface area contributed by atoms with Crippen molar-refractivity contribution in [1.29, 1.82) is 0 Å². The van der Waals surface area contributed by atoms with Gasteiger partial charge in [-0.3, -0.25) is 0 Å². The summed E-state index contributed by atoms with van der Waals surface area (Å²) in [4.78, 5) is 11.7. The van der Waals surface area contributed by atoms with Crippen molar-refractivity contribution in [3.05, 3.63) is 12.1 Å². The zero-order valence-corrected chi connectivity index (χ0v) is 9.84. The molecule has 0 saturated heterocycles.